The molecule has 0 atom stereocenters. The number of hydrogen-bond donors (Lipinski definition) is 1. The quantitative estimate of drug-likeness (QED) is 0.416. The summed E-state index contributed by atoms with van der Waals surface area (Å²) >= 11 is 0. The van der Waals surface area contributed by atoms with Crippen LogP contribution < -0.4 is 10.1 Å². The topological polar surface area (TPSA) is 64.4 Å². The molecule has 5 heteroatoms. The van der Waals surface area contributed by atoms with Crippen molar-refractivity contribution in [3.63, 3.8) is 0 Å². The molecule has 0 saturated heterocycles. The number of para-hydroxylation sites is 1. The fourth-order valence-electron chi connectivity index (χ4n) is 3.01. The lowest BCUT2D eigenvalue weighted by Gasteiger charge is -2.08. The Balaban J connectivity index is 1.40. The standard InChI is InChI=1S/C23H18N2O3/c26-25(27)21-12-7-17(8-13-21)18-6-9-20(16-18)24-19-10-14-23(15-11-19)28-22-4-2-1-3-5-22/h1-5,7-16,24H,6H2. The number of non-ortho nitro benzene ring substituents is 1. The molecular formula is C23H18N2O3. The Morgan fingerprint density at radius 2 is 1.54 bits per heavy atom. The highest BCUT2D eigenvalue weighted by atomic mass is 16.6. The van der Waals surface area contributed by atoms with Crippen molar-refractivity contribution in [1.82, 2.24) is 0 Å². The second-order valence-corrected chi connectivity index (χ2v) is 6.40. The highest BCUT2D eigenvalue weighted by Gasteiger charge is 2.11. The smallest absolute Gasteiger partial charge is 0.269 e. The molecule has 0 aromatic heterocycles. The summed E-state index contributed by atoms with van der Waals surface area (Å²) in [5.41, 5.74) is 4.19. The number of allylic oxidation sites excluding steroid dienone is 3. The van der Waals surface area contributed by atoms with Crippen molar-refractivity contribution in [2.24, 2.45) is 0 Å². The monoisotopic (exact) mass is 370 g/mol. The minimum absolute atomic E-state index is 0.103. The summed E-state index contributed by atoms with van der Waals surface area (Å²) in [4.78, 5) is 10.4. The molecule has 0 fully saturated rings. The molecule has 0 spiro atoms. The fourth-order valence-corrected chi connectivity index (χ4v) is 3.01. The van der Waals surface area contributed by atoms with Crippen LogP contribution in [0.3, 0.4) is 0 Å². The maximum absolute atomic E-state index is 10.8. The third-order valence-corrected chi connectivity index (χ3v) is 4.44. The van der Waals surface area contributed by atoms with Gasteiger partial charge in [-0.3, -0.25) is 10.1 Å². The van der Waals surface area contributed by atoms with Crippen LogP contribution in [0, 0.1) is 10.1 Å². The van der Waals surface area contributed by atoms with E-state index in [1.807, 2.05) is 54.6 Å². The Morgan fingerprint density at radius 1 is 0.857 bits per heavy atom. The van der Waals surface area contributed by atoms with Crippen LogP contribution in [-0.2, 0) is 0 Å². The number of hydrogen-bond acceptors (Lipinski definition) is 4. The van der Waals surface area contributed by atoms with Crippen molar-refractivity contribution >= 4 is 16.9 Å². The molecule has 0 heterocycles. The SMILES string of the molecule is O=[N+]([O-])c1ccc(C2=CC(Nc3ccc(Oc4ccccc4)cc3)=CC2)cc1. The average molecular weight is 370 g/mol. The van der Waals surface area contributed by atoms with Gasteiger partial charge in [0.2, 0.25) is 0 Å². The number of ether oxygens (including phenoxy) is 1. The lowest BCUT2D eigenvalue weighted by atomic mass is 10.1. The predicted molar refractivity (Wildman–Crippen MR) is 110 cm³/mol. The zero-order chi connectivity index (χ0) is 19.3. The zero-order valence-electron chi connectivity index (χ0n) is 15.0. The van der Waals surface area contributed by atoms with Crippen LogP contribution in [0.2, 0.25) is 0 Å². The van der Waals surface area contributed by atoms with Gasteiger partial charge in [0.15, 0.2) is 0 Å². The lowest BCUT2D eigenvalue weighted by molar-refractivity contribution is -0.384. The van der Waals surface area contributed by atoms with Gasteiger partial charge in [-0.05, 0) is 72.2 Å². The maximum atomic E-state index is 10.8. The Hall–Kier alpha value is -3.86. The van der Waals surface area contributed by atoms with Crippen molar-refractivity contribution in [3.8, 4) is 11.5 Å². The third kappa shape index (κ3) is 4.10. The van der Waals surface area contributed by atoms with Gasteiger partial charge < -0.3 is 10.1 Å². The normalized spacial score (nSPS) is 12.9. The van der Waals surface area contributed by atoms with Gasteiger partial charge >= 0.3 is 0 Å². The molecule has 3 aromatic carbocycles. The average Bonchev–Trinajstić information content (AvgIpc) is 3.19. The van der Waals surface area contributed by atoms with Gasteiger partial charge in [-0.15, -0.1) is 0 Å². The molecule has 0 radical (unpaired) electrons. The molecule has 4 rings (SSSR count). The van der Waals surface area contributed by atoms with Crippen LogP contribution in [0.5, 0.6) is 11.5 Å². The predicted octanol–water partition coefficient (Wildman–Crippen LogP) is 6.17. The van der Waals surface area contributed by atoms with Crippen LogP contribution in [0.25, 0.3) is 5.57 Å². The Labute approximate surface area is 162 Å². The van der Waals surface area contributed by atoms with Gasteiger partial charge in [0.25, 0.3) is 5.69 Å². The number of rotatable bonds is 6. The first-order chi connectivity index (χ1) is 13.7. The number of benzene rings is 3. The number of nitrogens with zero attached hydrogens (tertiary/aromatic N) is 1. The Bertz CT molecular complexity index is 1040. The van der Waals surface area contributed by atoms with Crippen LogP contribution >= 0.6 is 0 Å². The molecule has 3 aromatic rings. The summed E-state index contributed by atoms with van der Waals surface area (Å²) in [5.74, 6) is 1.58. The van der Waals surface area contributed by atoms with Crippen LogP contribution in [0.1, 0.15) is 12.0 Å². The van der Waals surface area contributed by atoms with Crippen LogP contribution in [-0.4, -0.2) is 4.92 Å². The summed E-state index contributed by atoms with van der Waals surface area (Å²) in [7, 11) is 0. The molecule has 28 heavy (non-hydrogen) atoms. The van der Waals surface area contributed by atoms with E-state index in [-0.39, 0.29) is 10.6 Å². The molecule has 1 aliphatic carbocycles. The van der Waals surface area contributed by atoms with Gasteiger partial charge in [-0.2, -0.15) is 0 Å². The van der Waals surface area contributed by atoms with E-state index in [1.54, 1.807) is 12.1 Å². The van der Waals surface area contributed by atoms with Gasteiger partial charge in [-0.1, -0.05) is 24.3 Å². The third-order valence-electron chi connectivity index (χ3n) is 4.44. The van der Waals surface area contributed by atoms with Gasteiger partial charge in [0.1, 0.15) is 11.5 Å². The number of anilines is 1. The molecule has 0 amide bonds. The fraction of sp³-hybridized carbons (Fsp3) is 0.0435. The number of nitrogens with one attached hydrogen (secondary N) is 1. The molecular weight excluding hydrogens is 352 g/mol. The summed E-state index contributed by atoms with van der Waals surface area (Å²) < 4.78 is 5.80. The Kier molecular flexibility index (Phi) is 4.89. The first-order valence-corrected chi connectivity index (χ1v) is 8.93. The van der Waals surface area contributed by atoms with Gasteiger partial charge in [0, 0.05) is 23.5 Å². The van der Waals surface area contributed by atoms with Crippen molar-refractivity contribution in [2.45, 2.75) is 6.42 Å². The minimum atomic E-state index is -0.386. The number of nitro benzene ring substituents is 1. The van der Waals surface area contributed by atoms with Gasteiger partial charge in [0.05, 0.1) is 4.92 Å². The zero-order valence-corrected chi connectivity index (χ0v) is 15.0. The van der Waals surface area contributed by atoms with Crippen LogP contribution in [0.15, 0.2) is 96.7 Å². The molecule has 5 nitrogen and oxygen atoms in total. The van der Waals surface area contributed by atoms with E-state index >= 15 is 0 Å². The molecule has 0 saturated carbocycles. The summed E-state index contributed by atoms with van der Waals surface area (Å²) in [5, 5.41) is 14.2. The van der Waals surface area contributed by atoms with Crippen molar-refractivity contribution in [1.29, 1.82) is 0 Å². The molecule has 0 unspecified atom stereocenters. The van der Waals surface area contributed by atoms with E-state index in [2.05, 4.69) is 17.5 Å². The first kappa shape index (κ1) is 17.5. The highest BCUT2D eigenvalue weighted by Crippen LogP contribution is 2.29. The van der Waals surface area contributed by atoms with E-state index < -0.39 is 0 Å². The lowest BCUT2D eigenvalue weighted by Crippen LogP contribution is -1.95. The highest BCUT2D eigenvalue weighted by molar-refractivity contribution is 5.75. The molecule has 0 aliphatic heterocycles. The van der Waals surface area contributed by atoms with E-state index in [4.69, 9.17) is 4.74 Å². The van der Waals surface area contributed by atoms with E-state index in [0.29, 0.717) is 0 Å². The molecule has 138 valence electrons. The summed E-state index contributed by atoms with van der Waals surface area (Å²) in [6.45, 7) is 0. The first-order valence-electron chi connectivity index (χ1n) is 8.93. The second-order valence-electron chi connectivity index (χ2n) is 6.40. The maximum Gasteiger partial charge on any atom is 0.269 e. The van der Waals surface area contributed by atoms with E-state index in [1.165, 1.54) is 12.1 Å². The van der Waals surface area contributed by atoms with Crippen molar-refractivity contribution < 1.29 is 9.66 Å². The summed E-state index contributed by atoms with van der Waals surface area (Å²) in [6, 6.07) is 24.1. The largest absolute Gasteiger partial charge is 0.457 e. The van der Waals surface area contributed by atoms with E-state index in [0.717, 1.165) is 40.4 Å². The molecule has 1 aliphatic rings. The van der Waals surface area contributed by atoms with Gasteiger partial charge in [-0.25, -0.2) is 0 Å². The van der Waals surface area contributed by atoms with Crippen LogP contribution in [0.4, 0.5) is 11.4 Å². The summed E-state index contributed by atoms with van der Waals surface area (Å²) in [6.07, 6.45) is 4.95. The van der Waals surface area contributed by atoms with Crippen molar-refractivity contribution in [3.05, 3.63) is 112 Å². The van der Waals surface area contributed by atoms with E-state index in [9.17, 15) is 10.1 Å². The second kappa shape index (κ2) is 7.80. The molecule has 0 bridgehead atoms. The number of nitro groups is 1. The Morgan fingerprint density at radius 3 is 2.21 bits per heavy atom. The molecule has 1 N–H and O–H groups in total. The van der Waals surface area contributed by atoms with Crippen molar-refractivity contribution in [2.75, 3.05) is 5.32 Å². The minimum Gasteiger partial charge on any atom is -0.457 e.